The highest BCUT2D eigenvalue weighted by Gasteiger charge is 2.84. The van der Waals surface area contributed by atoms with Crippen LogP contribution in [0.3, 0.4) is 0 Å². The van der Waals surface area contributed by atoms with Gasteiger partial charge in [-0.3, -0.25) is 0 Å². The van der Waals surface area contributed by atoms with Gasteiger partial charge in [-0.1, -0.05) is 142 Å². The molecule has 0 saturated carbocycles. The lowest BCUT2D eigenvalue weighted by molar-refractivity contribution is 1.57. The third-order valence-corrected chi connectivity index (χ3v) is 246. The molecular formula is C22H64Si10. The van der Waals surface area contributed by atoms with Crippen molar-refractivity contribution in [2.45, 2.75) is 142 Å². The lowest BCUT2D eigenvalue weighted by Crippen LogP contribution is -3.09. The Bertz CT molecular complexity index is 619. The lowest BCUT2D eigenvalue weighted by Gasteiger charge is -2.81. The Labute approximate surface area is 214 Å². The summed E-state index contributed by atoms with van der Waals surface area (Å²) in [7, 11) is -10.00. The third-order valence-electron chi connectivity index (χ3n) is 11.5. The highest BCUT2D eigenvalue weighted by molar-refractivity contribution is 8.25. The van der Waals surface area contributed by atoms with Crippen LogP contribution in [0.15, 0.2) is 0 Å². The first-order chi connectivity index (χ1) is 13.4. The van der Waals surface area contributed by atoms with Gasteiger partial charge in [0, 0.05) is 73.0 Å². The van der Waals surface area contributed by atoms with E-state index < -0.39 is 73.0 Å². The SMILES string of the molecule is C[Si](C)(C)C[Si]1([Si](C)(C)C)[Si](C)(C)[Si](C)(C)[Si](C[Si](C)(C)C)([Si](C)(C)C)[Si](C)(C)[Si]1(C)C. The van der Waals surface area contributed by atoms with Crippen molar-refractivity contribution >= 4 is 73.0 Å². The van der Waals surface area contributed by atoms with E-state index in [4.69, 9.17) is 0 Å². The van der Waals surface area contributed by atoms with Crippen molar-refractivity contribution in [3.63, 3.8) is 0 Å². The first kappa shape index (κ1) is 32.2. The average Bonchev–Trinajstić information content (AvgIpc) is 2.43. The Balaban J connectivity index is 4.42. The van der Waals surface area contributed by atoms with E-state index in [1.54, 1.807) is 0 Å². The molecule has 1 saturated heterocycles. The van der Waals surface area contributed by atoms with E-state index >= 15 is 0 Å². The molecule has 0 aromatic rings. The van der Waals surface area contributed by atoms with Gasteiger partial charge >= 0.3 is 0 Å². The van der Waals surface area contributed by atoms with Gasteiger partial charge in [-0.15, -0.1) is 0 Å². The van der Waals surface area contributed by atoms with Crippen LogP contribution in [0, 0.1) is 0 Å². The fourth-order valence-corrected chi connectivity index (χ4v) is 490. The van der Waals surface area contributed by atoms with Crippen molar-refractivity contribution in [1.82, 2.24) is 0 Å². The predicted octanol–water partition coefficient (Wildman–Crippen LogP) is 8.79. The highest BCUT2D eigenvalue weighted by Crippen LogP contribution is 2.60. The molecule has 0 aliphatic carbocycles. The van der Waals surface area contributed by atoms with E-state index in [1.165, 1.54) is 0 Å². The molecular weight excluding hydrogens is 545 g/mol. The third kappa shape index (κ3) is 4.21. The van der Waals surface area contributed by atoms with Gasteiger partial charge in [-0.05, 0) is 0 Å². The zero-order valence-corrected chi connectivity index (χ0v) is 36.4. The van der Waals surface area contributed by atoms with E-state index in [9.17, 15) is 0 Å². The van der Waals surface area contributed by atoms with Crippen molar-refractivity contribution in [3.05, 3.63) is 0 Å². The summed E-state index contributed by atoms with van der Waals surface area (Å²) in [6.07, 6.45) is 0. The van der Waals surface area contributed by atoms with Gasteiger partial charge in [-0.2, -0.15) is 0 Å². The largest absolute Gasteiger partial charge is 0.0737 e. The van der Waals surface area contributed by atoms with Crippen LogP contribution in [0.4, 0.5) is 0 Å². The molecule has 0 N–H and O–H groups in total. The highest BCUT2D eigenvalue weighted by atomic mass is 30.4. The molecule has 0 radical (unpaired) electrons. The first-order valence-corrected chi connectivity index (χ1v) is 52.2. The van der Waals surface area contributed by atoms with Crippen LogP contribution in [-0.4, -0.2) is 73.0 Å². The van der Waals surface area contributed by atoms with Gasteiger partial charge in [0.2, 0.25) is 0 Å². The summed E-state index contributed by atoms with van der Waals surface area (Å²) in [5.74, 6) is 0. The minimum absolute atomic E-state index is 1.12. The standard InChI is InChI=1S/C22H64Si10/c1-23(2,3)21-31(25(7,8)9)27(13,14)29(17,18)32(26(10,11)12,22-24(4,5)6)30(19,20)28(31,15)16/h21-22H2,1-20H3. The Kier molecular flexibility index (Phi) is 8.39. The van der Waals surface area contributed by atoms with Crippen molar-refractivity contribution < 1.29 is 0 Å². The van der Waals surface area contributed by atoms with Crippen LogP contribution in [-0.2, 0) is 0 Å². The molecule has 1 heterocycles. The summed E-state index contributed by atoms with van der Waals surface area (Å²) in [4.78, 5) is 0. The number of hydrogen-bond acceptors (Lipinski definition) is 0. The maximum atomic E-state index is 3.11. The van der Waals surface area contributed by atoms with Crippen LogP contribution in [0.1, 0.15) is 0 Å². The van der Waals surface area contributed by atoms with Crippen LogP contribution >= 0.6 is 0 Å². The van der Waals surface area contributed by atoms with Crippen LogP contribution in [0.25, 0.3) is 0 Å². The van der Waals surface area contributed by atoms with Gasteiger partial charge in [0.05, 0.1) is 0 Å². The van der Waals surface area contributed by atoms with E-state index in [1.807, 2.05) is 11.3 Å². The van der Waals surface area contributed by atoms with Crippen molar-refractivity contribution in [3.8, 4) is 0 Å². The smallest absolute Gasteiger partial charge is 0.0410 e. The Hall–Kier alpha value is 2.17. The maximum Gasteiger partial charge on any atom is 0.0410 e. The summed E-state index contributed by atoms with van der Waals surface area (Å²) in [6, 6.07) is 0. The van der Waals surface area contributed by atoms with Crippen LogP contribution in [0.2, 0.25) is 142 Å². The quantitative estimate of drug-likeness (QED) is 0.264. The topological polar surface area (TPSA) is 0 Å². The van der Waals surface area contributed by atoms with Gasteiger partial charge in [0.1, 0.15) is 0 Å². The van der Waals surface area contributed by atoms with Crippen molar-refractivity contribution in [2.75, 3.05) is 0 Å². The van der Waals surface area contributed by atoms with E-state index in [2.05, 4.69) is 131 Å². The lowest BCUT2D eigenvalue weighted by atomic mass is 11.7. The molecule has 1 aliphatic heterocycles. The summed E-state index contributed by atoms with van der Waals surface area (Å²) < 4.78 is 0. The van der Waals surface area contributed by atoms with Gasteiger partial charge in [-0.25, -0.2) is 0 Å². The summed E-state index contributed by atoms with van der Waals surface area (Å²) >= 11 is 0. The van der Waals surface area contributed by atoms with Crippen molar-refractivity contribution in [1.29, 1.82) is 0 Å². The average molecular weight is 610 g/mol. The van der Waals surface area contributed by atoms with Gasteiger partial charge in [0.15, 0.2) is 0 Å². The Morgan fingerprint density at radius 3 is 0.594 bits per heavy atom. The molecule has 10 heteroatoms. The molecule has 0 atom stereocenters. The molecule has 0 nitrogen and oxygen atoms in total. The molecule has 0 bridgehead atoms. The minimum Gasteiger partial charge on any atom is -0.0737 e. The van der Waals surface area contributed by atoms with Crippen LogP contribution in [0.5, 0.6) is 0 Å². The minimum atomic E-state index is -1.32. The van der Waals surface area contributed by atoms with Gasteiger partial charge in [0.25, 0.3) is 0 Å². The van der Waals surface area contributed by atoms with E-state index in [0.717, 1.165) is 0 Å². The molecule has 1 aliphatic rings. The number of hydrogen-bond donors (Lipinski definition) is 0. The Morgan fingerprint density at radius 2 is 0.500 bits per heavy atom. The molecule has 32 heavy (non-hydrogen) atoms. The second-order valence-corrected chi connectivity index (χ2v) is 126. The normalized spacial score (nSPS) is 32.6. The summed E-state index contributed by atoms with van der Waals surface area (Å²) in [5, 5.41) is 0. The molecule has 0 aromatic heterocycles. The monoisotopic (exact) mass is 608 g/mol. The molecule has 0 unspecified atom stereocenters. The van der Waals surface area contributed by atoms with Gasteiger partial charge < -0.3 is 0 Å². The molecule has 192 valence electrons. The van der Waals surface area contributed by atoms with Crippen molar-refractivity contribution in [2.24, 2.45) is 0 Å². The molecule has 1 fully saturated rings. The molecule has 0 aromatic carbocycles. The number of rotatable bonds is 6. The zero-order chi connectivity index (χ0) is 26.4. The van der Waals surface area contributed by atoms with E-state index in [-0.39, 0.29) is 0 Å². The second-order valence-electron chi connectivity index (χ2n) is 18.3. The fourth-order valence-electron chi connectivity index (χ4n) is 10.5. The van der Waals surface area contributed by atoms with Crippen LogP contribution < -0.4 is 0 Å². The zero-order valence-electron chi connectivity index (χ0n) is 26.4. The Morgan fingerprint density at radius 1 is 0.344 bits per heavy atom. The predicted molar refractivity (Wildman–Crippen MR) is 184 cm³/mol. The molecule has 1 rings (SSSR count). The molecule has 0 spiro atoms. The van der Waals surface area contributed by atoms with E-state index in [0.29, 0.717) is 0 Å². The fraction of sp³-hybridized carbons (Fsp3) is 1.00. The molecule has 0 amide bonds. The second kappa shape index (κ2) is 8.34. The summed E-state index contributed by atoms with van der Waals surface area (Å²) in [5.41, 5.74) is 3.65. The maximum absolute atomic E-state index is 3.11. The summed E-state index contributed by atoms with van der Waals surface area (Å²) in [6.45, 7) is 56.3. The first-order valence-electron chi connectivity index (χ1n) is 13.4.